The average Bonchev–Trinajstić information content (AvgIpc) is 2.62. The number of amides is 1. The molecule has 2 aromatic rings. The number of nitro benzene ring substituents is 1. The molecule has 136 valence electrons. The SMILES string of the molecule is O=C(F)Nc1cc(N2CCN(c3ccc(Br)cc3)CC2)ccc1[N+](=O)[O-]. The Labute approximate surface area is 157 Å². The van der Waals surface area contributed by atoms with Gasteiger partial charge >= 0.3 is 6.16 Å². The molecule has 0 aromatic heterocycles. The largest absolute Gasteiger partial charge is 0.402 e. The van der Waals surface area contributed by atoms with E-state index in [0.717, 1.165) is 23.2 Å². The number of piperazine rings is 1. The molecule has 1 saturated heterocycles. The number of rotatable bonds is 4. The standard InChI is InChI=1S/C17H16BrFN4O3/c18-12-1-3-13(4-2-12)21-7-9-22(10-8-21)14-5-6-16(23(25)26)15(11-14)20-17(19)24/h1-6,11H,7-10H2,(H,20,24). The Morgan fingerprint density at radius 2 is 1.58 bits per heavy atom. The highest BCUT2D eigenvalue weighted by molar-refractivity contribution is 9.10. The van der Waals surface area contributed by atoms with Crippen molar-refractivity contribution in [2.75, 3.05) is 41.3 Å². The van der Waals surface area contributed by atoms with E-state index in [0.29, 0.717) is 18.8 Å². The number of anilines is 3. The van der Waals surface area contributed by atoms with Crippen LogP contribution in [0.15, 0.2) is 46.9 Å². The molecular weight excluding hydrogens is 407 g/mol. The van der Waals surface area contributed by atoms with Crippen LogP contribution in [0.2, 0.25) is 0 Å². The van der Waals surface area contributed by atoms with Gasteiger partial charge in [-0.15, -0.1) is 4.39 Å². The highest BCUT2D eigenvalue weighted by atomic mass is 79.9. The zero-order chi connectivity index (χ0) is 18.7. The molecule has 0 spiro atoms. The van der Waals surface area contributed by atoms with Gasteiger partial charge in [0, 0.05) is 48.1 Å². The lowest BCUT2D eigenvalue weighted by molar-refractivity contribution is -0.383. The number of nitrogens with one attached hydrogen (secondary N) is 1. The molecule has 7 nitrogen and oxygen atoms in total. The normalized spacial score (nSPS) is 14.2. The zero-order valence-corrected chi connectivity index (χ0v) is 15.3. The molecule has 26 heavy (non-hydrogen) atoms. The first kappa shape index (κ1) is 18.1. The zero-order valence-electron chi connectivity index (χ0n) is 13.7. The number of benzene rings is 2. The average molecular weight is 423 g/mol. The summed E-state index contributed by atoms with van der Waals surface area (Å²) in [5.41, 5.74) is 1.35. The van der Waals surface area contributed by atoms with Crippen LogP contribution in [-0.2, 0) is 0 Å². The molecule has 1 N–H and O–H groups in total. The molecular formula is C17H16BrFN4O3. The van der Waals surface area contributed by atoms with Crippen LogP contribution in [0.25, 0.3) is 0 Å². The minimum atomic E-state index is -1.83. The first-order valence-corrected chi connectivity index (χ1v) is 8.74. The fraction of sp³-hybridized carbons (Fsp3) is 0.235. The van der Waals surface area contributed by atoms with E-state index in [4.69, 9.17) is 0 Å². The van der Waals surface area contributed by atoms with Crippen LogP contribution in [0.3, 0.4) is 0 Å². The van der Waals surface area contributed by atoms with E-state index in [-0.39, 0.29) is 11.4 Å². The molecule has 0 bridgehead atoms. The minimum absolute atomic E-state index is 0.143. The number of hydrogen-bond acceptors (Lipinski definition) is 5. The third kappa shape index (κ3) is 4.10. The monoisotopic (exact) mass is 422 g/mol. The van der Waals surface area contributed by atoms with Crippen molar-refractivity contribution in [3.8, 4) is 0 Å². The van der Waals surface area contributed by atoms with Gasteiger partial charge in [-0.2, -0.15) is 0 Å². The maximum absolute atomic E-state index is 12.7. The Hall–Kier alpha value is -2.68. The lowest BCUT2D eigenvalue weighted by Gasteiger charge is -2.37. The molecule has 1 aliphatic heterocycles. The molecule has 0 unspecified atom stereocenters. The molecule has 1 aliphatic rings. The summed E-state index contributed by atoms with van der Waals surface area (Å²) in [5, 5.41) is 12.9. The molecule has 0 saturated carbocycles. The van der Waals surface area contributed by atoms with Crippen molar-refractivity contribution in [2.24, 2.45) is 0 Å². The van der Waals surface area contributed by atoms with Gasteiger partial charge in [-0.05, 0) is 36.4 Å². The van der Waals surface area contributed by atoms with Gasteiger partial charge in [-0.3, -0.25) is 15.4 Å². The molecule has 9 heteroatoms. The van der Waals surface area contributed by atoms with E-state index in [9.17, 15) is 19.3 Å². The van der Waals surface area contributed by atoms with E-state index < -0.39 is 11.1 Å². The first-order chi connectivity index (χ1) is 12.4. The van der Waals surface area contributed by atoms with Crippen molar-refractivity contribution in [3.05, 3.63) is 57.1 Å². The van der Waals surface area contributed by atoms with Crippen LogP contribution in [0.4, 0.5) is 31.9 Å². The third-order valence-corrected chi connectivity index (χ3v) is 4.78. The summed E-state index contributed by atoms with van der Waals surface area (Å²) in [5.74, 6) is 0. The summed E-state index contributed by atoms with van der Waals surface area (Å²) in [6.45, 7) is 2.97. The van der Waals surface area contributed by atoms with Crippen LogP contribution >= 0.6 is 15.9 Å². The maximum atomic E-state index is 12.7. The smallest absolute Gasteiger partial charge is 0.368 e. The topological polar surface area (TPSA) is 78.7 Å². The van der Waals surface area contributed by atoms with E-state index in [1.807, 2.05) is 34.5 Å². The fourth-order valence-electron chi connectivity index (χ4n) is 2.96. The summed E-state index contributed by atoms with van der Waals surface area (Å²) in [7, 11) is 0. The van der Waals surface area contributed by atoms with Gasteiger partial charge < -0.3 is 9.80 Å². The predicted molar refractivity (Wildman–Crippen MR) is 102 cm³/mol. The lowest BCUT2D eigenvalue weighted by atomic mass is 10.2. The number of halogens is 2. The van der Waals surface area contributed by atoms with Crippen LogP contribution in [0, 0.1) is 10.1 Å². The van der Waals surface area contributed by atoms with Gasteiger partial charge in [0.05, 0.1) is 4.92 Å². The number of hydrogen-bond donors (Lipinski definition) is 1. The summed E-state index contributed by atoms with van der Waals surface area (Å²) < 4.78 is 13.7. The van der Waals surface area contributed by atoms with E-state index in [2.05, 4.69) is 20.8 Å². The van der Waals surface area contributed by atoms with Crippen molar-refractivity contribution in [2.45, 2.75) is 0 Å². The van der Waals surface area contributed by atoms with Crippen LogP contribution in [0.1, 0.15) is 0 Å². The number of nitrogens with zero attached hydrogens (tertiary/aromatic N) is 3. The molecule has 1 fully saturated rings. The predicted octanol–water partition coefficient (Wildman–Crippen LogP) is 4.19. The second-order valence-corrected chi connectivity index (χ2v) is 6.72. The Morgan fingerprint density at radius 1 is 1.04 bits per heavy atom. The summed E-state index contributed by atoms with van der Waals surface area (Å²) in [6.07, 6.45) is -1.83. The molecule has 3 rings (SSSR count). The fourth-order valence-corrected chi connectivity index (χ4v) is 3.23. The molecule has 0 radical (unpaired) electrons. The van der Waals surface area contributed by atoms with Gasteiger partial charge in [0.2, 0.25) is 0 Å². The van der Waals surface area contributed by atoms with Gasteiger partial charge in [0.15, 0.2) is 0 Å². The Morgan fingerprint density at radius 3 is 2.12 bits per heavy atom. The van der Waals surface area contributed by atoms with Crippen molar-refractivity contribution in [1.82, 2.24) is 0 Å². The quantitative estimate of drug-likeness (QED) is 0.346. The lowest BCUT2D eigenvalue weighted by Crippen LogP contribution is -2.46. The van der Waals surface area contributed by atoms with Crippen LogP contribution in [-0.4, -0.2) is 37.3 Å². The van der Waals surface area contributed by atoms with E-state index in [1.54, 1.807) is 6.07 Å². The van der Waals surface area contributed by atoms with Gasteiger partial charge in [0.1, 0.15) is 5.69 Å². The summed E-state index contributed by atoms with van der Waals surface area (Å²) >= 11 is 3.42. The minimum Gasteiger partial charge on any atom is -0.368 e. The van der Waals surface area contributed by atoms with Crippen LogP contribution < -0.4 is 15.1 Å². The second kappa shape index (κ2) is 7.69. The van der Waals surface area contributed by atoms with Crippen molar-refractivity contribution < 1.29 is 14.1 Å². The van der Waals surface area contributed by atoms with E-state index in [1.165, 1.54) is 12.1 Å². The number of carbonyl (C=O) groups is 1. The Balaban J connectivity index is 1.73. The summed E-state index contributed by atoms with van der Waals surface area (Å²) in [6, 6.07) is 12.4. The third-order valence-electron chi connectivity index (χ3n) is 4.25. The van der Waals surface area contributed by atoms with Gasteiger partial charge in [-0.1, -0.05) is 15.9 Å². The second-order valence-electron chi connectivity index (χ2n) is 5.81. The van der Waals surface area contributed by atoms with Gasteiger partial charge in [0.25, 0.3) is 5.69 Å². The maximum Gasteiger partial charge on any atom is 0.402 e. The number of nitro groups is 1. The first-order valence-electron chi connectivity index (χ1n) is 7.94. The summed E-state index contributed by atoms with van der Waals surface area (Å²) in [4.78, 5) is 25.3. The number of carbonyl (C=O) groups excluding carboxylic acids is 1. The molecule has 0 atom stereocenters. The molecule has 1 amide bonds. The highest BCUT2D eigenvalue weighted by Crippen LogP contribution is 2.31. The Kier molecular flexibility index (Phi) is 5.36. The highest BCUT2D eigenvalue weighted by Gasteiger charge is 2.21. The van der Waals surface area contributed by atoms with Crippen molar-refractivity contribution >= 4 is 44.8 Å². The molecule has 1 heterocycles. The Bertz CT molecular complexity index is 823. The van der Waals surface area contributed by atoms with E-state index >= 15 is 0 Å². The van der Waals surface area contributed by atoms with Crippen LogP contribution in [0.5, 0.6) is 0 Å². The molecule has 2 aromatic carbocycles. The van der Waals surface area contributed by atoms with Gasteiger partial charge in [-0.25, -0.2) is 4.79 Å². The van der Waals surface area contributed by atoms with Crippen molar-refractivity contribution in [1.29, 1.82) is 0 Å². The van der Waals surface area contributed by atoms with Crippen molar-refractivity contribution in [3.63, 3.8) is 0 Å². The molecule has 0 aliphatic carbocycles.